The summed E-state index contributed by atoms with van der Waals surface area (Å²) in [5.41, 5.74) is 1.18. The van der Waals surface area contributed by atoms with Gasteiger partial charge in [-0.3, -0.25) is 14.6 Å². The van der Waals surface area contributed by atoms with Crippen LogP contribution in [0.25, 0.3) is 10.8 Å². The van der Waals surface area contributed by atoms with Crippen molar-refractivity contribution in [1.29, 1.82) is 0 Å². The lowest BCUT2D eigenvalue weighted by Crippen LogP contribution is -2.45. The number of amides is 1. The van der Waals surface area contributed by atoms with Gasteiger partial charge in [-0.25, -0.2) is 0 Å². The number of carbonyl (C=O) groups is 1. The van der Waals surface area contributed by atoms with Crippen LogP contribution in [0.15, 0.2) is 42.5 Å². The van der Waals surface area contributed by atoms with Crippen LogP contribution in [-0.4, -0.2) is 74.7 Å². The molecular formula is C25H37N3O2. The predicted molar refractivity (Wildman–Crippen MR) is 124 cm³/mol. The number of likely N-dealkylation sites (N-methyl/N-ethyl adjacent to an activating group) is 1. The molecular weight excluding hydrogens is 374 g/mol. The number of ether oxygens (including phenoxy) is 1. The number of hydrogen-bond donors (Lipinski definition) is 1. The summed E-state index contributed by atoms with van der Waals surface area (Å²) >= 11 is 0. The molecule has 1 atom stereocenters. The lowest BCUT2D eigenvalue weighted by molar-refractivity contribution is -0.122. The van der Waals surface area contributed by atoms with E-state index < -0.39 is 0 Å². The molecule has 2 aromatic carbocycles. The molecule has 1 aliphatic rings. The molecule has 0 bridgehead atoms. The Bertz CT molecular complexity index is 810. The molecule has 1 aliphatic heterocycles. The molecule has 1 N–H and O–H groups in total. The highest BCUT2D eigenvalue weighted by molar-refractivity contribution is 5.87. The van der Waals surface area contributed by atoms with Crippen LogP contribution in [-0.2, 0) is 14.9 Å². The third-order valence-electron chi connectivity index (χ3n) is 6.46. The topological polar surface area (TPSA) is 44.8 Å². The van der Waals surface area contributed by atoms with E-state index in [1.807, 2.05) is 0 Å². The van der Waals surface area contributed by atoms with Crippen LogP contribution in [0.4, 0.5) is 0 Å². The Kier molecular flexibility index (Phi) is 8.25. The van der Waals surface area contributed by atoms with Crippen molar-refractivity contribution in [3.05, 3.63) is 48.0 Å². The van der Waals surface area contributed by atoms with Crippen molar-refractivity contribution >= 4 is 16.7 Å². The Labute approximate surface area is 181 Å². The summed E-state index contributed by atoms with van der Waals surface area (Å²) in [6, 6.07) is 15.1. The standard InChI is InChI=1S/C25H37N3O2/c1-4-27(5-2)19-24(29)26-20-25(3,13-14-28-15-17-30-18-16-28)23-12-8-10-21-9-6-7-11-22(21)23/h6-12H,4-5,13-20H2,1-3H3,(H,26,29). The molecule has 3 rings (SSSR count). The third kappa shape index (κ3) is 5.81. The molecule has 2 aromatic rings. The van der Waals surface area contributed by atoms with E-state index in [2.05, 4.69) is 78.4 Å². The first-order valence-corrected chi connectivity index (χ1v) is 11.3. The average Bonchev–Trinajstić information content (AvgIpc) is 2.80. The first-order valence-electron chi connectivity index (χ1n) is 11.3. The van der Waals surface area contributed by atoms with Gasteiger partial charge in [0.15, 0.2) is 0 Å². The molecule has 0 spiro atoms. The van der Waals surface area contributed by atoms with Crippen LogP contribution in [0.3, 0.4) is 0 Å². The fourth-order valence-electron chi connectivity index (χ4n) is 4.30. The second-order valence-electron chi connectivity index (χ2n) is 8.53. The number of carbonyl (C=O) groups excluding carboxylic acids is 1. The molecule has 1 amide bonds. The van der Waals surface area contributed by atoms with Crippen molar-refractivity contribution in [3.63, 3.8) is 0 Å². The molecule has 0 aromatic heterocycles. The summed E-state index contributed by atoms with van der Waals surface area (Å²) < 4.78 is 5.51. The number of hydrogen-bond acceptors (Lipinski definition) is 4. The van der Waals surface area contributed by atoms with Gasteiger partial charge in [0.1, 0.15) is 0 Å². The van der Waals surface area contributed by atoms with Gasteiger partial charge in [0, 0.05) is 25.0 Å². The van der Waals surface area contributed by atoms with Crippen molar-refractivity contribution in [2.45, 2.75) is 32.6 Å². The van der Waals surface area contributed by atoms with Crippen LogP contribution in [0.5, 0.6) is 0 Å². The Hall–Kier alpha value is -1.95. The second kappa shape index (κ2) is 10.9. The van der Waals surface area contributed by atoms with Gasteiger partial charge in [0.25, 0.3) is 0 Å². The zero-order chi connectivity index (χ0) is 21.4. The van der Waals surface area contributed by atoms with E-state index in [9.17, 15) is 4.79 Å². The number of fused-ring (bicyclic) bond motifs is 1. The van der Waals surface area contributed by atoms with E-state index in [1.165, 1.54) is 16.3 Å². The summed E-state index contributed by atoms with van der Waals surface area (Å²) in [6.07, 6.45) is 0.993. The van der Waals surface area contributed by atoms with Gasteiger partial charge in [0.2, 0.25) is 5.91 Å². The summed E-state index contributed by atoms with van der Waals surface area (Å²) in [5, 5.41) is 5.78. The van der Waals surface area contributed by atoms with Crippen LogP contribution >= 0.6 is 0 Å². The molecule has 0 radical (unpaired) electrons. The third-order valence-corrected chi connectivity index (χ3v) is 6.46. The second-order valence-corrected chi connectivity index (χ2v) is 8.53. The maximum atomic E-state index is 12.6. The van der Waals surface area contributed by atoms with E-state index in [1.54, 1.807) is 0 Å². The lowest BCUT2D eigenvalue weighted by atomic mass is 9.77. The summed E-state index contributed by atoms with van der Waals surface area (Å²) in [7, 11) is 0. The molecule has 5 heteroatoms. The maximum Gasteiger partial charge on any atom is 0.234 e. The molecule has 1 saturated heterocycles. The summed E-state index contributed by atoms with van der Waals surface area (Å²) in [5.74, 6) is 0.108. The van der Waals surface area contributed by atoms with Crippen molar-refractivity contribution in [2.24, 2.45) is 0 Å². The van der Waals surface area contributed by atoms with Crippen LogP contribution in [0.2, 0.25) is 0 Å². The highest BCUT2D eigenvalue weighted by atomic mass is 16.5. The Morgan fingerprint density at radius 2 is 1.80 bits per heavy atom. The fraction of sp³-hybridized carbons (Fsp3) is 0.560. The largest absolute Gasteiger partial charge is 0.379 e. The average molecular weight is 412 g/mol. The van der Waals surface area contributed by atoms with Crippen molar-refractivity contribution in [1.82, 2.24) is 15.1 Å². The van der Waals surface area contributed by atoms with Gasteiger partial charge in [0.05, 0.1) is 19.8 Å². The molecule has 30 heavy (non-hydrogen) atoms. The van der Waals surface area contributed by atoms with E-state index >= 15 is 0 Å². The highest BCUT2D eigenvalue weighted by Crippen LogP contribution is 2.33. The van der Waals surface area contributed by atoms with Crippen molar-refractivity contribution in [3.8, 4) is 0 Å². The minimum Gasteiger partial charge on any atom is -0.379 e. The Morgan fingerprint density at radius 3 is 2.53 bits per heavy atom. The maximum absolute atomic E-state index is 12.6. The van der Waals surface area contributed by atoms with Gasteiger partial charge in [-0.1, -0.05) is 63.2 Å². The minimum atomic E-state index is -0.141. The molecule has 5 nitrogen and oxygen atoms in total. The minimum absolute atomic E-state index is 0.108. The van der Waals surface area contributed by atoms with Crippen LogP contribution < -0.4 is 5.32 Å². The Morgan fingerprint density at radius 1 is 1.10 bits per heavy atom. The van der Waals surface area contributed by atoms with E-state index in [-0.39, 0.29) is 11.3 Å². The molecule has 1 heterocycles. The van der Waals surface area contributed by atoms with Gasteiger partial charge in [-0.05, 0) is 42.4 Å². The number of benzene rings is 2. The zero-order valence-corrected chi connectivity index (χ0v) is 18.8. The van der Waals surface area contributed by atoms with Gasteiger partial charge >= 0.3 is 0 Å². The fourth-order valence-corrected chi connectivity index (χ4v) is 4.30. The van der Waals surface area contributed by atoms with Crippen molar-refractivity contribution in [2.75, 3.05) is 59.0 Å². The number of nitrogens with one attached hydrogen (secondary N) is 1. The van der Waals surface area contributed by atoms with Crippen LogP contribution in [0, 0.1) is 0 Å². The Balaban J connectivity index is 1.79. The van der Waals surface area contributed by atoms with E-state index in [4.69, 9.17) is 4.74 Å². The van der Waals surface area contributed by atoms with E-state index in [0.29, 0.717) is 13.1 Å². The SMILES string of the molecule is CCN(CC)CC(=O)NCC(C)(CCN1CCOCC1)c1cccc2ccccc12. The van der Waals surface area contributed by atoms with Crippen LogP contribution in [0.1, 0.15) is 32.8 Å². The normalized spacial score (nSPS) is 17.2. The van der Waals surface area contributed by atoms with Gasteiger partial charge in [-0.15, -0.1) is 0 Å². The smallest absolute Gasteiger partial charge is 0.234 e. The first-order chi connectivity index (χ1) is 14.6. The van der Waals surface area contributed by atoms with E-state index in [0.717, 1.165) is 52.4 Å². The molecule has 0 saturated carbocycles. The van der Waals surface area contributed by atoms with Gasteiger partial charge < -0.3 is 10.1 Å². The monoisotopic (exact) mass is 411 g/mol. The summed E-state index contributed by atoms with van der Waals surface area (Å²) in [6.45, 7) is 14.0. The van der Waals surface area contributed by atoms with Gasteiger partial charge in [-0.2, -0.15) is 0 Å². The molecule has 0 aliphatic carbocycles. The quantitative estimate of drug-likeness (QED) is 0.652. The zero-order valence-electron chi connectivity index (χ0n) is 18.8. The van der Waals surface area contributed by atoms with Crippen molar-refractivity contribution < 1.29 is 9.53 Å². The molecule has 1 unspecified atom stereocenters. The number of morpholine rings is 1. The number of nitrogens with zero attached hydrogens (tertiary/aromatic N) is 2. The predicted octanol–water partition coefficient (Wildman–Crippen LogP) is 3.28. The summed E-state index contributed by atoms with van der Waals surface area (Å²) in [4.78, 5) is 17.3. The molecule has 1 fully saturated rings. The first kappa shape index (κ1) is 22.7. The lowest BCUT2D eigenvalue weighted by Gasteiger charge is -2.35. The molecule has 164 valence electrons. The highest BCUT2D eigenvalue weighted by Gasteiger charge is 2.30. The number of rotatable bonds is 10.